The number of rotatable bonds is 1. The van der Waals surface area contributed by atoms with Gasteiger partial charge in [0.05, 0.1) is 6.61 Å². The minimum absolute atomic E-state index is 0.0425. The van der Waals surface area contributed by atoms with E-state index in [4.69, 9.17) is 10.8 Å². The molecule has 1 rings (SSSR count). The Morgan fingerprint density at radius 3 is 2.90 bits per heavy atom. The number of hydrogen-bond acceptors (Lipinski definition) is 3. The molecule has 0 amide bonds. The molecule has 0 spiro atoms. The van der Waals surface area contributed by atoms with Crippen LogP contribution in [0.25, 0.3) is 0 Å². The topological polar surface area (TPSA) is 59.1 Å². The largest absolute Gasteiger partial charge is 0.398 e. The van der Waals surface area contributed by atoms with Gasteiger partial charge in [-0.15, -0.1) is 0 Å². The summed E-state index contributed by atoms with van der Waals surface area (Å²) in [6.07, 6.45) is 1.59. The van der Waals surface area contributed by atoms with Crippen LogP contribution in [0.4, 0.5) is 5.69 Å². The van der Waals surface area contributed by atoms with E-state index in [1.54, 1.807) is 12.3 Å². The average molecular weight is 138 g/mol. The third-order valence-electron chi connectivity index (χ3n) is 1.33. The predicted octanol–water partition coefficient (Wildman–Crippen LogP) is 0.465. The first-order chi connectivity index (χ1) is 4.74. The highest BCUT2D eigenvalue weighted by molar-refractivity contribution is 5.45. The highest BCUT2D eigenvalue weighted by Gasteiger charge is 1.96. The Balaban J connectivity index is 3.07. The van der Waals surface area contributed by atoms with Gasteiger partial charge in [-0.1, -0.05) is 0 Å². The molecule has 0 bridgehead atoms. The second-order valence-electron chi connectivity index (χ2n) is 2.18. The number of aliphatic hydroxyl groups excluding tert-OH is 1. The SMILES string of the molecule is Cc1cc(N)c(CO)cn1. The molecule has 1 aromatic heterocycles. The molecule has 10 heavy (non-hydrogen) atoms. The van der Waals surface area contributed by atoms with Crippen LogP contribution in [0.3, 0.4) is 0 Å². The van der Waals surface area contributed by atoms with Crippen LogP contribution >= 0.6 is 0 Å². The standard InChI is InChI=1S/C7H10N2O/c1-5-2-7(8)6(4-10)3-9-5/h2-3,10H,4H2,1H3,(H2,8,9). The average Bonchev–Trinajstić information content (AvgIpc) is 1.88. The summed E-state index contributed by atoms with van der Waals surface area (Å²) in [5.74, 6) is 0. The molecule has 0 aliphatic carbocycles. The lowest BCUT2D eigenvalue weighted by atomic mass is 10.2. The Hall–Kier alpha value is -1.09. The Kier molecular flexibility index (Phi) is 1.87. The van der Waals surface area contributed by atoms with E-state index >= 15 is 0 Å². The number of anilines is 1. The second-order valence-corrected chi connectivity index (χ2v) is 2.18. The molecule has 0 fully saturated rings. The van der Waals surface area contributed by atoms with Crippen LogP contribution in [0.5, 0.6) is 0 Å². The Morgan fingerprint density at radius 2 is 2.40 bits per heavy atom. The fraction of sp³-hybridized carbons (Fsp3) is 0.286. The minimum Gasteiger partial charge on any atom is -0.398 e. The fourth-order valence-corrected chi connectivity index (χ4v) is 0.741. The lowest BCUT2D eigenvalue weighted by molar-refractivity contribution is 0.282. The molecule has 1 heterocycles. The van der Waals surface area contributed by atoms with Crippen molar-refractivity contribution in [1.82, 2.24) is 4.98 Å². The van der Waals surface area contributed by atoms with Crippen LogP contribution in [0.2, 0.25) is 0 Å². The summed E-state index contributed by atoms with van der Waals surface area (Å²) in [7, 11) is 0. The molecule has 1 aromatic rings. The number of aromatic nitrogens is 1. The summed E-state index contributed by atoms with van der Waals surface area (Å²) in [5.41, 5.74) is 7.69. The van der Waals surface area contributed by atoms with Gasteiger partial charge in [0.15, 0.2) is 0 Å². The maximum Gasteiger partial charge on any atom is 0.0717 e. The molecule has 54 valence electrons. The van der Waals surface area contributed by atoms with Gasteiger partial charge in [0.1, 0.15) is 0 Å². The Morgan fingerprint density at radius 1 is 1.70 bits per heavy atom. The van der Waals surface area contributed by atoms with Gasteiger partial charge < -0.3 is 10.8 Å². The van der Waals surface area contributed by atoms with Gasteiger partial charge in [-0.25, -0.2) is 0 Å². The van der Waals surface area contributed by atoms with Crippen molar-refractivity contribution in [2.75, 3.05) is 5.73 Å². The van der Waals surface area contributed by atoms with Gasteiger partial charge in [0.25, 0.3) is 0 Å². The number of aliphatic hydroxyl groups is 1. The van der Waals surface area contributed by atoms with Crippen molar-refractivity contribution in [2.24, 2.45) is 0 Å². The zero-order valence-corrected chi connectivity index (χ0v) is 5.83. The predicted molar refractivity (Wildman–Crippen MR) is 39.3 cm³/mol. The van der Waals surface area contributed by atoms with Crippen molar-refractivity contribution in [1.29, 1.82) is 0 Å². The van der Waals surface area contributed by atoms with Crippen LogP contribution < -0.4 is 5.73 Å². The lowest BCUT2D eigenvalue weighted by Gasteiger charge is -2.00. The van der Waals surface area contributed by atoms with E-state index in [1.165, 1.54) is 0 Å². The maximum atomic E-state index is 8.69. The van der Waals surface area contributed by atoms with Gasteiger partial charge in [0, 0.05) is 23.1 Å². The zero-order valence-electron chi connectivity index (χ0n) is 5.83. The fourth-order valence-electron chi connectivity index (χ4n) is 0.741. The molecule has 0 aliphatic rings. The quantitative estimate of drug-likeness (QED) is 0.592. The van der Waals surface area contributed by atoms with Gasteiger partial charge in [-0.2, -0.15) is 0 Å². The van der Waals surface area contributed by atoms with Crippen molar-refractivity contribution in [2.45, 2.75) is 13.5 Å². The molecule has 0 atom stereocenters. The number of hydrogen-bond donors (Lipinski definition) is 2. The van der Waals surface area contributed by atoms with Crippen molar-refractivity contribution < 1.29 is 5.11 Å². The second kappa shape index (κ2) is 2.66. The van der Waals surface area contributed by atoms with Crippen molar-refractivity contribution >= 4 is 5.69 Å². The van der Waals surface area contributed by atoms with Crippen LogP contribution in [0.15, 0.2) is 12.3 Å². The van der Waals surface area contributed by atoms with E-state index in [-0.39, 0.29) is 6.61 Å². The minimum atomic E-state index is -0.0425. The molecule has 3 heteroatoms. The molecule has 3 nitrogen and oxygen atoms in total. The summed E-state index contributed by atoms with van der Waals surface area (Å²) in [6, 6.07) is 1.74. The summed E-state index contributed by atoms with van der Waals surface area (Å²) >= 11 is 0. The van der Waals surface area contributed by atoms with E-state index in [0.29, 0.717) is 11.3 Å². The van der Waals surface area contributed by atoms with Gasteiger partial charge in [-0.05, 0) is 13.0 Å². The van der Waals surface area contributed by atoms with Gasteiger partial charge in [-0.3, -0.25) is 4.98 Å². The van der Waals surface area contributed by atoms with E-state index in [9.17, 15) is 0 Å². The number of aryl methyl sites for hydroxylation is 1. The number of nitrogens with two attached hydrogens (primary N) is 1. The third kappa shape index (κ3) is 1.25. The third-order valence-corrected chi connectivity index (χ3v) is 1.33. The van der Waals surface area contributed by atoms with E-state index in [1.807, 2.05) is 6.92 Å². The molecule has 0 aliphatic heterocycles. The summed E-state index contributed by atoms with van der Waals surface area (Å²) < 4.78 is 0. The van der Waals surface area contributed by atoms with Crippen LogP contribution in [-0.2, 0) is 6.61 Å². The van der Waals surface area contributed by atoms with Crippen molar-refractivity contribution in [3.63, 3.8) is 0 Å². The maximum absolute atomic E-state index is 8.69. The summed E-state index contributed by atoms with van der Waals surface area (Å²) in [5, 5.41) is 8.69. The normalized spacial score (nSPS) is 9.80. The first-order valence-electron chi connectivity index (χ1n) is 3.06. The number of pyridine rings is 1. The van der Waals surface area contributed by atoms with Gasteiger partial charge in [0.2, 0.25) is 0 Å². The van der Waals surface area contributed by atoms with Crippen LogP contribution in [0, 0.1) is 6.92 Å². The zero-order chi connectivity index (χ0) is 7.56. The summed E-state index contributed by atoms with van der Waals surface area (Å²) in [4.78, 5) is 3.97. The molecule has 0 radical (unpaired) electrons. The van der Waals surface area contributed by atoms with E-state index in [2.05, 4.69) is 4.98 Å². The number of nitrogen functional groups attached to an aromatic ring is 1. The highest BCUT2D eigenvalue weighted by atomic mass is 16.3. The molecule has 0 saturated carbocycles. The van der Waals surface area contributed by atoms with E-state index in [0.717, 1.165) is 5.69 Å². The van der Waals surface area contributed by atoms with E-state index < -0.39 is 0 Å². The molecule has 0 saturated heterocycles. The van der Waals surface area contributed by atoms with Crippen LogP contribution in [-0.4, -0.2) is 10.1 Å². The molecular weight excluding hydrogens is 128 g/mol. The smallest absolute Gasteiger partial charge is 0.0717 e. The molecular formula is C7H10N2O. The monoisotopic (exact) mass is 138 g/mol. The highest BCUT2D eigenvalue weighted by Crippen LogP contribution is 2.10. The van der Waals surface area contributed by atoms with Crippen molar-refractivity contribution in [3.8, 4) is 0 Å². The van der Waals surface area contributed by atoms with Gasteiger partial charge >= 0.3 is 0 Å². The lowest BCUT2D eigenvalue weighted by Crippen LogP contribution is -1.96. The molecule has 3 N–H and O–H groups in total. The first-order valence-corrected chi connectivity index (χ1v) is 3.06. The Bertz CT molecular complexity index is 235. The first kappa shape index (κ1) is 7.02. The molecule has 0 aromatic carbocycles. The molecule has 0 unspecified atom stereocenters. The Labute approximate surface area is 59.5 Å². The summed E-state index contributed by atoms with van der Waals surface area (Å²) in [6.45, 7) is 1.82. The van der Waals surface area contributed by atoms with Crippen LogP contribution in [0.1, 0.15) is 11.3 Å². The van der Waals surface area contributed by atoms with Crippen molar-refractivity contribution in [3.05, 3.63) is 23.5 Å². The number of nitrogens with zero attached hydrogens (tertiary/aromatic N) is 1.